The number of urea groups is 1. The van der Waals surface area contributed by atoms with Crippen LogP contribution in [0.25, 0.3) is 11.1 Å². The Kier molecular flexibility index (Phi) is 5.13. The Hall–Kier alpha value is -2.00. The number of anilines is 1. The second kappa shape index (κ2) is 7.44. The first-order chi connectivity index (χ1) is 13.4. The number of nitrogens with one attached hydrogen (secondary N) is 3. The highest BCUT2D eigenvalue weighted by molar-refractivity contribution is 6.35. The van der Waals surface area contributed by atoms with Crippen LogP contribution in [0, 0.1) is 0 Å². The molecule has 1 aromatic carbocycles. The zero-order valence-corrected chi connectivity index (χ0v) is 15.7. The first kappa shape index (κ1) is 19.3. The van der Waals surface area contributed by atoms with Crippen LogP contribution in [0.15, 0.2) is 10.5 Å². The van der Waals surface area contributed by atoms with Crippen LogP contribution in [0.2, 0.25) is 5.02 Å². The number of benzene rings is 1. The maximum atomic E-state index is 13.1. The number of fused-ring (bicyclic) bond motifs is 4. The van der Waals surface area contributed by atoms with E-state index in [1.54, 1.807) is 6.07 Å². The average Bonchev–Trinajstić information content (AvgIpc) is 3.04. The lowest BCUT2D eigenvalue weighted by Gasteiger charge is -2.42. The number of oxazole rings is 1. The van der Waals surface area contributed by atoms with Crippen LogP contribution in [0.1, 0.15) is 43.6 Å². The van der Waals surface area contributed by atoms with Gasteiger partial charge in [-0.1, -0.05) is 30.9 Å². The van der Waals surface area contributed by atoms with E-state index in [1.807, 2.05) is 0 Å². The molecule has 2 aromatic rings. The lowest BCUT2D eigenvalue weighted by atomic mass is 9.74. The highest BCUT2D eigenvalue weighted by atomic mass is 35.5. The summed E-state index contributed by atoms with van der Waals surface area (Å²) in [5, 5.41) is 8.74. The summed E-state index contributed by atoms with van der Waals surface area (Å²) >= 11 is 6.41. The van der Waals surface area contributed by atoms with Crippen LogP contribution in [-0.2, 0) is 12.1 Å². The van der Waals surface area contributed by atoms with Gasteiger partial charge in [0.05, 0.1) is 22.8 Å². The molecule has 1 saturated carbocycles. The van der Waals surface area contributed by atoms with Crippen LogP contribution in [-0.4, -0.2) is 30.2 Å². The Morgan fingerprint density at radius 2 is 2.04 bits per heavy atom. The van der Waals surface area contributed by atoms with Crippen LogP contribution in [0.4, 0.5) is 23.7 Å². The number of aromatic nitrogens is 1. The van der Waals surface area contributed by atoms with E-state index in [0.717, 1.165) is 37.7 Å². The van der Waals surface area contributed by atoms with Crippen molar-refractivity contribution in [3.63, 3.8) is 0 Å². The number of amides is 2. The minimum Gasteiger partial charge on any atom is -0.439 e. The number of hydrogen-bond acceptors (Lipinski definition) is 4. The van der Waals surface area contributed by atoms with Gasteiger partial charge in [-0.2, -0.15) is 0 Å². The van der Waals surface area contributed by atoms with E-state index in [-0.39, 0.29) is 18.5 Å². The molecule has 1 unspecified atom stereocenters. The third kappa shape index (κ3) is 3.41. The summed E-state index contributed by atoms with van der Waals surface area (Å²) in [6.07, 6.45) is -0.767. The largest absolute Gasteiger partial charge is 0.439 e. The quantitative estimate of drug-likeness (QED) is 0.672. The van der Waals surface area contributed by atoms with Gasteiger partial charge < -0.3 is 20.4 Å². The van der Waals surface area contributed by atoms with Crippen LogP contribution in [0.3, 0.4) is 0 Å². The third-order valence-electron chi connectivity index (χ3n) is 5.34. The lowest BCUT2D eigenvalue weighted by molar-refractivity contribution is 0.0497. The van der Waals surface area contributed by atoms with Crippen molar-refractivity contribution in [3.05, 3.63) is 22.5 Å². The van der Waals surface area contributed by atoms with Gasteiger partial charge >= 0.3 is 6.03 Å². The first-order valence-electron chi connectivity index (χ1n) is 9.24. The van der Waals surface area contributed by atoms with E-state index in [0.29, 0.717) is 21.8 Å². The Labute approximate surface area is 164 Å². The van der Waals surface area contributed by atoms with Crippen LogP contribution >= 0.6 is 11.6 Å². The molecule has 28 heavy (non-hydrogen) atoms. The minimum absolute atomic E-state index is 0.000992. The van der Waals surface area contributed by atoms with Crippen molar-refractivity contribution in [1.29, 1.82) is 0 Å². The second-order valence-electron chi connectivity index (χ2n) is 7.27. The van der Waals surface area contributed by atoms with Gasteiger partial charge in [0.2, 0.25) is 5.89 Å². The van der Waals surface area contributed by atoms with Crippen molar-refractivity contribution in [3.8, 4) is 0 Å². The van der Waals surface area contributed by atoms with Gasteiger partial charge in [0.1, 0.15) is 5.52 Å². The van der Waals surface area contributed by atoms with Crippen molar-refractivity contribution in [2.75, 3.05) is 11.9 Å². The minimum atomic E-state index is -3.04. The summed E-state index contributed by atoms with van der Waals surface area (Å²) < 4.78 is 43.5. The van der Waals surface area contributed by atoms with E-state index in [9.17, 15) is 18.0 Å². The van der Waals surface area contributed by atoms with Crippen molar-refractivity contribution < 1.29 is 22.4 Å². The number of alkyl halides is 3. The zero-order chi connectivity index (χ0) is 19.9. The molecule has 152 valence electrons. The molecule has 2 aliphatic rings. The average molecular weight is 417 g/mol. The maximum Gasteiger partial charge on any atom is 0.319 e. The molecule has 6 nitrogen and oxygen atoms in total. The maximum absolute atomic E-state index is 13.1. The van der Waals surface area contributed by atoms with Crippen molar-refractivity contribution in [1.82, 2.24) is 15.6 Å². The van der Waals surface area contributed by atoms with Gasteiger partial charge in [-0.25, -0.2) is 22.9 Å². The Morgan fingerprint density at radius 3 is 2.75 bits per heavy atom. The van der Waals surface area contributed by atoms with E-state index in [4.69, 9.17) is 16.0 Å². The third-order valence-corrected chi connectivity index (χ3v) is 5.64. The Morgan fingerprint density at radius 1 is 1.29 bits per heavy atom. The second-order valence-corrected chi connectivity index (χ2v) is 7.67. The molecule has 3 N–H and O–H groups in total. The Balaban J connectivity index is 1.70. The van der Waals surface area contributed by atoms with Crippen molar-refractivity contribution >= 4 is 34.4 Å². The van der Waals surface area contributed by atoms with Gasteiger partial charge in [-0.15, -0.1) is 0 Å². The molecular formula is C18H20ClF3N4O2. The molecule has 1 spiro atoms. The molecule has 1 atom stereocenters. The summed E-state index contributed by atoms with van der Waals surface area (Å²) in [5.41, 5.74) is 1.70. The van der Waals surface area contributed by atoms with E-state index >= 15 is 0 Å². The smallest absolute Gasteiger partial charge is 0.319 e. The van der Waals surface area contributed by atoms with Gasteiger partial charge in [-0.05, 0) is 18.9 Å². The number of carbonyl (C=O) groups excluding carboxylic acids is 1. The molecule has 1 aromatic heterocycles. The Bertz CT molecular complexity index is 899. The molecule has 10 heteroatoms. The molecule has 0 bridgehead atoms. The molecule has 1 aliphatic carbocycles. The number of nitrogens with zero attached hydrogens (tertiary/aromatic N) is 1. The number of halogens is 4. The molecule has 1 fully saturated rings. The van der Waals surface area contributed by atoms with E-state index in [2.05, 4.69) is 20.9 Å². The van der Waals surface area contributed by atoms with Gasteiger partial charge in [0, 0.05) is 12.1 Å². The lowest BCUT2D eigenvalue weighted by Crippen LogP contribution is -2.52. The molecular weight excluding hydrogens is 397 g/mol. The summed E-state index contributed by atoms with van der Waals surface area (Å²) in [7, 11) is 0. The fourth-order valence-electron chi connectivity index (χ4n) is 4.10. The summed E-state index contributed by atoms with van der Waals surface area (Å²) in [6.45, 7) is -0.502. The zero-order valence-electron chi connectivity index (χ0n) is 15.0. The van der Waals surface area contributed by atoms with Crippen LogP contribution in [0.5, 0.6) is 0 Å². The highest BCUT2D eigenvalue weighted by Gasteiger charge is 2.44. The number of rotatable bonds is 5. The predicted octanol–water partition coefficient (Wildman–Crippen LogP) is 4.47. The number of carbonyl (C=O) groups is 1. The molecule has 4 rings (SSSR count). The van der Waals surface area contributed by atoms with Crippen LogP contribution < -0.4 is 16.0 Å². The molecule has 2 heterocycles. The topological polar surface area (TPSA) is 79.2 Å². The standard InChI is InChI=1S/C18H20ClF3N4O2/c19-9-6-11-15(28-12(24-11)8-23-7-10(20)16(21)22)13-14(9)25-17(27)26-18(13)4-2-1-3-5-18/h6,10,16,23H,1-5,7-8H2,(H2,25,26,27). The van der Waals surface area contributed by atoms with Crippen molar-refractivity contribution in [2.45, 2.75) is 56.8 Å². The van der Waals surface area contributed by atoms with Gasteiger partial charge in [0.25, 0.3) is 6.43 Å². The summed E-state index contributed by atoms with van der Waals surface area (Å²) in [6, 6.07) is 1.29. The monoisotopic (exact) mass is 416 g/mol. The molecule has 0 saturated heterocycles. The SMILES string of the molecule is O=C1Nc2c(Cl)cc3nc(CNCC(F)C(F)F)oc3c2C2(CCCCC2)N1. The molecule has 2 amide bonds. The predicted molar refractivity (Wildman–Crippen MR) is 98.5 cm³/mol. The van der Waals surface area contributed by atoms with Gasteiger partial charge in [-0.3, -0.25) is 0 Å². The van der Waals surface area contributed by atoms with E-state index < -0.39 is 24.7 Å². The summed E-state index contributed by atoms with van der Waals surface area (Å²) in [5.74, 6) is 0.240. The van der Waals surface area contributed by atoms with Gasteiger partial charge in [0.15, 0.2) is 11.8 Å². The highest BCUT2D eigenvalue weighted by Crippen LogP contribution is 2.48. The first-order valence-corrected chi connectivity index (χ1v) is 9.62. The molecule has 1 aliphatic heterocycles. The summed E-state index contributed by atoms with van der Waals surface area (Å²) in [4.78, 5) is 16.6. The van der Waals surface area contributed by atoms with Crippen molar-refractivity contribution in [2.24, 2.45) is 0 Å². The fraction of sp³-hybridized carbons (Fsp3) is 0.556. The fourth-order valence-corrected chi connectivity index (χ4v) is 4.34. The normalized spacial score (nSPS) is 19.5. The number of hydrogen-bond donors (Lipinski definition) is 3. The molecule has 0 radical (unpaired) electrons. The van der Waals surface area contributed by atoms with E-state index in [1.165, 1.54) is 0 Å².